The van der Waals surface area contributed by atoms with Crippen LogP contribution >= 0.6 is 0 Å². The SMILES string of the molecule is O=C(CCNS(=O)(=O)/C=C/c1ccccc1)Nc1cccc(CN2CCOCC2)c1. The minimum absolute atomic E-state index is 0.0285. The van der Waals surface area contributed by atoms with Crippen molar-refractivity contribution in [1.82, 2.24) is 9.62 Å². The molecule has 0 bridgehead atoms. The van der Waals surface area contributed by atoms with Gasteiger partial charge in [-0.1, -0.05) is 42.5 Å². The van der Waals surface area contributed by atoms with Crippen LogP contribution in [0.25, 0.3) is 6.08 Å². The van der Waals surface area contributed by atoms with Gasteiger partial charge in [-0.2, -0.15) is 0 Å². The summed E-state index contributed by atoms with van der Waals surface area (Å²) in [5.74, 6) is -0.242. The number of amides is 1. The van der Waals surface area contributed by atoms with E-state index in [0.717, 1.165) is 49.4 Å². The average molecular weight is 430 g/mol. The number of nitrogens with zero attached hydrogens (tertiary/aromatic N) is 1. The van der Waals surface area contributed by atoms with Crippen LogP contribution in [0.3, 0.4) is 0 Å². The van der Waals surface area contributed by atoms with Gasteiger partial charge in [0.05, 0.1) is 13.2 Å². The van der Waals surface area contributed by atoms with Gasteiger partial charge in [0.2, 0.25) is 15.9 Å². The first kappa shape index (κ1) is 22.2. The second kappa shape index (κ2) is 11.0. The van der Waals surface area contributed by atoms with Crippen LogP contribution in [-0.4, -0.2) is 52.1 Å². The molecular weight excluding hydrogens is 402 g/mol. The molecule has 0 spiro atoms. The monoisotopic (exact) mass is 429 g/mol. The molecule has 1 fully saturated rings. The van der Waals surface area contributed by atoms with Gasteiger partial charge in [-0.05, 0) is 29.3 Å². The number of hydrogen-bond donors (Lipinski definition) is 2. The van der Waals surface area contributed by atoms with Crippen molar-refractivity contribution in [2.45, 2.75) is 13.0 Å². The van der Waals surface area contributed by atoms with E-state index in [4.69, 9.17) is 4.74 Å². The minimum atomic E-state index is -3.60. The number of nitrogens with one attached hydrogen (secondary N) is 2. The van der Waals surface area contributed by atoms with Crippen LogP contribution in [0.5, 0.6) is 0 Å². The molecule has 2 aromatic rings. The molecule has 7 nitrogen and oxygen atoms in total. The molecule has 2 aromatic carbocycles. The highest BCUT2D eigenvalue weighted by Crippen LogP contribution is 2.14. The Bertz CT molecular complexity index is 955. The van der Waals surface area contributed by atoms with Crippen LogP contribution in [0.2, 0.25) is 0 Å². The van der Waals surface area contributed by atoms with Crippen molar-refractivity contribution in [3.05, 3.63) is 71.1 Å². The second-order valence-corrected chi connectivity index (χ2v) is 8.69. The normalized spacial score (nSPS) is 15.3. The number of carbonyl (C=O) groups is 1. The van der Waals surface area contributed by atoms with E-state index < -0.39 is 10.0 Å². The zero-order valence-electron chi connectivity index (χ0n) is 16.8. The highest BCUT2D eigenvalue weighted by atomic mass is 32.2. The molecule has 1 saturated heterocycles. The zero-order chi connectivity index (χ0) is 21.2. The van der Waals surface area contributed by atoms with Crippen molar-refractivity contribution < 1.29 is 17.9 Å². The molecule has 30 heavy (non-hydrogen) atoms. The van der Waals surface area contributed by atoms with E-state index in [9.17, 15) is 13.2 Å². The van der Waals surface area contributed by atoms with E-state index >= 15 is 0 Å². The fourth-order valence-corrected chi connectivity index (χ4v) is 3.89. The lowest BCUT2D eigenvalue weighted by molar-refractivity contribution is -0.116. The largest absolute Gasteiger partial charge is 0.379 e. The minimum Gasteiger partial charge on any atom is -0.379 e. The number of morpholine rings is 1. The molecule has 3 rings (SSSR count). The number of rotatable bonds is 9. The number of ether oxygens (including phenoxy) is 1. The lowest BCUT2D eigenvalue weighted by atomic mass is 10.1. The molecule has 0 aliphatic carbocycles. The Kier molecular flexibility index (Phi) is 8.15. The van der Waals surface area contributed by atoms with Crippen molar-refractivity contribution >= 4 is 27.7 Å². The third-order valence-corrected chi connectivity index (χ3v) is 5.72. The standard InChI is InChI=1S/C22H27N3O4S/c26-22(9-11-23-30(27,28)16-10-19-5-2-1-3-6-19)24-21-8-4-7-20(17-21)18-25-12-14-29-15-13-25/h1-8,10,16-17,23H,9,11-15,18H2,(H,24,26)/b16-10+. The van der Waals surface area contributed by atoms with Crippen LogP contribution in [0.15, 0.2) is 60.0 Å². The van der Waals surface area contributed by atoms with Crippen molar-refractivity contribution in [3.63, 3.8) is 0 Å². The van der Waals surface area contributed by atoms with Crippen molar-refractivity contribution in [2.75, 3.05) is 38.2 Å². The van der Waals surface area contributed by atoms with E-state index in [0.29, 0.717) is 5.69 Å². The summed E-state index contributed by atoms with van der Waals surface area (Å²) in [6.07, 6.45) is 1.56. The predicted molar refractivity (Wildman–Crippen MR) is 118 cm³/mol. The van der Waals surface area contributed by atoms with E-state index in [1.165, 1.54) is 6.08 Å². The van der Waals surface area contributed by atoms with Gasteiger partial charge in [0.15, 0.2) is 0 Å². The Hall–Kier alpha value is -2.52. The Labute approximate surface area is 177 Å². The summed E-state index contributed by atoms with van der Waals surface area (Å²) in [5.41, 5.74) is 2.61. The first-order valence-electron chi connectivity index (χ1n) is 9.92. The number of anilines is 1. The van der Waals surface area contributed by atoms with Crippen LogP contribution < -0.4 is 10.0 Å². The first-order chi connectivity index (χ1) is 14.5. The van der Waals surface area contributed by atoms with Crippen molar-refractivity contribution in [2.24, 2.45) is 0 Å². The van der Waals surface area contributed by atoms with Crippen LogP contribution in [0, 0.1) is 0 Å². The summed E-state index contributed by atoms with van der Waals surface area (Å²) in [5, 5.41) is 3.94. The molecule has 1 heterocycles. The zero-order valence-corrected chi connectivity index (χ0v) is 17.6. The summed E-state index contributed by atoms with van der Waals surface area (Å²) in [4.78, 5) is 14.5. The van der Waals surface area contributed by atoms with E-state index in [-0.39, 0.29) is 18.9 Å². The van der Waals surface area contributed by atoms with Gasteiger partial charge in [-0.25, -0.2) is 13.1 Å². The van der Waals surface area contributed by atoms with Gasteiger partial charge in [0.1, 0.15) is 0 Å². The number of hydrogen-bond acceptors (Lipinski definition) is 5. The molecule has 8 heteroatoms. The lowest BCUT2D eigenvalue weighted by Gasteiger charge is -2.26. The third-order valence-electron chi connectivity index (χ3n) is 4.62. The summed E-state index contributed by atoms with van der Waals surface area (Å²) in [6, 6.07) is 16.9. The van der Waals surface area contributed by atoms with Gasteiger partial charge < -0.3 is 10.1 Å². The maximum Gasteiger partial charge on any atom is 0.233 e. The molecule has 0 atom stereocenters. The maximum atomic E-state index is 12.2. The summed E-state index contributed by atoms with van der Waals surface area (Å²) < 4.78 is 31.8. The van der Waals surface area contributed by atoms with Crippen LogP contribution in [0.1, 0.15) is 17.5 Å². The maximum absolute atomic E-state index is 12.2. The van der Waals surface area contributed by atoms with E-state index in [1.807, 2.05) is 54.6 Å². The van der Waals surface area contributed by atoms with Gasteiger partial charge in [-0.3, -0.25) is 9.69 Å². The Balaban J connectivity index is 1.44. The highest BCUT2D eigenvalue weighted by molar-refractivity contribution is 7.92. The molecule has 0 unspecified atom stereocenters. The van der Waals surface area contributed by atoms with Gasteiger partial charge in [0.25, 0.3) is 0 Å². The van der Waals surface area contributed by atoms with Crippen LogP contribution in [0.4, 0.5) is 5.69 Å². The number of sulfonamides is 1. The molecule has 0 radical (unpaired) electrons. The fourth-order valence-electron chi connectivity index (χ4n) is 3.08. The summed E-state index contributed by atoms with van der Waals surface area (Å²) in [7, 11) is -3.60. The molecule has 1 amide bonds. The second-order valence-electron chi connectivity index (χ2n) is 7.04. The smallest absolute Gasteiger partial charge is 0.233 e. The van der Waals surface area contributed by atoms with Crippen molar-refractivity contribution in [3.8, 4) is 0 Å². The lowest BCUT2D eigenvalue weighted by Crippen LogP contribution is -2.35. The third kappa shape index (κ3) is 7.72. The van der Waals surface area contributed by atoms with Crippen LogP contribution in [-0.2, 0) is 26.1 Å². The van der Waals surface area contributed by atoms with Gasteiger partial charge in [-0.15, -0.1) is 0 Å². The quantitative estimate of drug-likeness (QED) is 0.639. The topological polar surface area (TPSA) is 87.7 Å². The molecular formula is C22H27N3O4S. The molecule has 1 aliphatic rings. The van der Waals surface area contributed by atoms with Crippen molar-refractivity contribution in [1.29, 1.82) is 0 Å². The summed E-state index contributed by atoms with van der Waals surface area (Å²) >= 11 is 0. The Morgan fingerprint density at radius 3 is 2.60 bits per heavy atom. The number of benzene rings is 2. The average Bonchev–Trinajstić information content (AvgIpc) is 2.74. The molecule has 160 valence electrons. The van der Waals surface area contributed by atoms with Gasteiger partial charge >= 0.3 is 0 Å². The first-order valence-corrected chi connectivity index (χ1v) is 11.5. The molecule has 1 aliphatic heterocycles. The highest BCUT2D eigenvalue weighted by Gasteiger charge is 2.11. The number of carbonyl (C=O) groups excluding carboxylic acids is 1. The molecule has 0 saturated carbocycles. The Morgan fingerprint density at radius 1 is 1.07 bits per heavy atom. The fraction of sp³-hybridized carbons (Fsp3) is 0.318. The van der Waals surface area contributed by atoms with Gasteiger partial charge in [0, 0.05) is 43.7 Å². The summed E-state index contributed by atoms with van der Waals surface area (Å²) in [6.45, 7) is 4.12. The van der Waals surface area contributed by atoms with E-state index in [1.54, 1.807) is 0 Å². The Morgan fingerprint density at radius 2 is 1.83 bits per heavy atom. The molecule has 2 N–H and O–H groups in total. The predicted octanol–water partition coefficient (Wildman–Crippen LogP) is 2.44. The molecule has 0 aromatic heterocycles. The van der Waals surface area contributed by atoms with E-state index in [2.05, 4.69) is 14.9 Å².